The third-order valence-corrected chi connectivity index (χ3v) is 3.83. The average Bonchev–Trinajstić information content (AvgIpc) is 3.09. The van der Waals surface area contributed by atoms with Crippen molar-refractivity contribution >= 4 is 27.7 Å². The van der Waals surface area contributed by atoms with Crippen LogP contribution in [-0.4, -0.2) is 17.4 Å². The van der Waals surface area contributed by atoms with Crippen molar-refractivity contribution in [2.45, 2.75) is 12.8 Å². The van der Waals surface area contributed by atoms with Crippen molar-refractivity contribution in [2.75, 3.05) is 12.3 Å². The van der Waals surface area contributed by atoms with Crippen LogP contribution in [0.3, 0.4) is 0 Å². The molecule has 0 aromatic carbocycles. The lowest BCUT2D eigenvalue weighted by Crippen LogP contribution is -2.14. The highest BCUT2D eigenvalue weighted by Crippen LogP contribution is 2.43. The highest BCUT2D eigenvalue weighted by molar-refractivity contribution is 9.10. The molecule has 0 spiro atoms. The van der Waals surface area contributed by atoms with Crippen LogP contribution >= 0.6 is 15.9 Å². The zero-order valence-corrected chi connectivity index (χ0v) is 11.3. The predicted molar refractivity (Wildman–Crippen MR) is 72.5 cm³/mol. The minimum atomic E-state index is -0.572. The second-order valence-corrected chi connectivity index (χ2v) is 5.14. The van der Waals surface area contributed by atoms with E-state index in [1.165, 1.54) is 6.20 Å². The lowest BCUT2D eigenvalue weighted by atomic mass is 10.1. The molecule has 2 rings (SSSR count). The average molecular weight is 309 g/mol. The first-order valence-corrected chi connectivity index (χ1v) is 6.25. The maximum absolute atomic E-state index is 11.2. The van der Waals surface area contributed by atoms with Crippen molar-refractivity contribution in [2.24, 2.45) is 16.9 Å². The fraction of sp³-hybridized carbons (Fsp3) is 0.333. The number of rotatable bonds is 2. The molecule has 1 amide bonds. The third-order valence-electron chi connectivity index (χ3n) is 3.01. The highest BCUT2D eigenvalue weighted by atomic mass is 79.9. The normalized spacial score (nSPS) is 15.7. The number of nitrogens with zero attached hydrogens (tertiary/aromatic N) is 1. The lowest BCUT2D eigenvalue weighted by Gasteiger charge is -2.05. The van der Waals surface area contributed by atoms with Gasteiger partial charge in [0, 0.05) is 18.2 Å². The summed E-state index contributed by atoms with van der Waals surface area (Å²) in [6, 6.07) is 0. The summed E-state index contributed by atoms with van der Waals surface area (Å²) < 4.78 is 0.489. The molecule has 0 bridgehead atoms. The van der Waals surface area contributed by atoms with Crippen LogP contribution < -0.4 is 17.2 Å². The van der Waals surface area contributed by atoms with Gasteiger partial charge < -0.3 is 17.2 Å². The predicted octanol–water partition coefficient (Wildman–Crippen LogP) is 0.616. The van der Waals surface area contributed by atoms with E-state index in [1.54, 1.807) is 0 Å². The van der Waals surface area contributed by atoms with Crippen LogP contribution in [0.2, 0.25) is 0 Å². The van der Waals surface area contributed by atoms with E-state index in [0.29, 0.717) is 16.6 Å². The standard InChI is InChI=1S/C12H13BrN4O/c13-9-7(1-2-12(6-14)3-4-12)10(15)17-5-8(9)11(16)18/h5H,3-4,6,14H2,(H2,15,17)(H2,16,18). The van der Waals surface area contributed by atoms with E-state index in [9.17, 15) is 4.79 Å². The molecule has 1 saturated carbocycles. The fourth-order valence-electron chi connectivity index (χ4n) is 1.52. The summed E-state index contributed by atoms with van der Waals surface area (Å²) in [4.78, 5) is 15.1. The maximum Gasteiger partial charge on any atom is 0.251 e. The van der Waals surface area contributed by atoms with Gasteiger partial charge in [0.2, 0.25) is 0 Å². The molecule has 1 heterocycles. The van der Waals surface area contributed by atoms with Gasteiger partial charge in [-0.25, -0.2) is 4.98 Å². The summed E-state index contributed by atoms with van der Waals surface area (Å²) in [6.45, 7) is 0.528. The number of pyridine rings is 1. The van der Waals surface area contributed by atoms with Crippen LogP contribution in [0.5, 0.6) is 0 Å². The number of halogens is 1. The molecule has 0 radical (unpaired) electrons. The molecule has 1 aromatic heterocycles. The summed E-state index contributed by atoms with van der Waals surface area (Å²) in [6.07, 6.45) is 3.33. The monoisotopic (exact) mass is 308 g/mol. The SMILES string of the molecule is NCC1(C#Cc2c(N)ncc(C(N)=O)c2Br)CC1. The van der Waals surface area contributed by atoms with Gasteiger partial charge in [-0.15, -0.1) is 0 Å². The molecular weight excluding hydrogens is 296 g/mol. The Morgan fingerprint density at radius 3 is 2.72 bits per heavy atom. The molecule has 1 aromatic rings. The zero-order chi connectivity index (χ0) is 13.3. The summed E-state index contributed by atoms with van der Waals surface area (Å²) in [7, 11) is 0. The number of hydrogen-bond acceptors (Lipinski definition) is 4. The number of carbonyl (C=O) groups is 1. The number of anilines is 1. The second-order valence-electron chi connectivity index (χ2n) is 4.34. The zero-order valence-electron chi connectivity index (χ0n) is 9.66. The quantitative estimate of drug-likeness (QED) is 0.696. The first kappa shape index (κ1) is 12.9. The molecule has 0 saturated heterocycles. The van der Waals surface area contributed by atoms with Crippen molar-refractivity contribution in [3.8, 4) is 11.8 Å². The topological polar surface area (TPSA) is 108 Å². The van der Waals surface area contributed by atoms with Crippen molar-refractivity contribution in [3.05, 3.63) is 21.8 Å². The Hall–Kier alpha value is -1.58. The van der Waals surface area contributed by atoms with Gasteiger partial charge in [-0.3, -0.25) is 4.79 Å². The van der Waals surface area contributed by atoms with Crippen LogP contribution in [0, 0.1) is 17.3 Å². The van der Waals surface area contributed by atoms with E-state index in [-0.39, 0.29) is 16.8 Å². The highest BCUT2D eigenvalue weighted by Gasteiger charge is 2.39. The minimum Gasteiger partial charge on any atom is -0.383 e. The molecule has 0 unspecified atom stereocenters. The van der Waals surface area contributed by atoms with Gasteiger partial charge in [0.1, 0.15) is 5.82 Å². The van der Waals surface area contributed by atoms with Gasteiger partial charge in [0.05, 0.1) is 15.6 Å². The molecule has 1 aliphatic carbocycles. The van der Waals surface area contributed by atoms with E-state index in [0.717, 1.165) is 12.8 Å². The van der Waals surface area contributed by atoms with Gasteiger partial charge in [-0.2, -0.15) is 0 Å². The summed E-state index contributed by atoms with van der Waals surface area (Å²) >= 11 is 3.29. The largest absolute Gasteiger partial charge is 0.383 e. The Bertz CT molecular complexity index is 569. The summed E-state index contributed by atoms with van der Waals surface area (Å²) in [5.74, 6) is 5.76. The Morgan fingerprint density at radius 2 is 2.22 bits per heavy atom. The third kappa shape index (κ3) is 2.33. The van der Waals surface area contributed by atoms with Gasteiger partial charge in [-0.1, -0.05) is 11.8 Å². The van der Waals surface area contributed by atoms with E-state index in [2.05, 4.69) is 32.8 Å². The van der Waals surface area contributed by atoms with Gasteiger partial charge in [0.25, 0.3) is 5.91 Å². The molecule has 1 aliphatic rings. The van der Waals surface area contributed by atoms with Gasteiger partial charge >= 0.3 is 0 Å². The van der Waals surface area contributed by atoms with Crippen molar-refractivity contribution in [3.63, 3.8) is 0 Å². The van der Waals surface area contributed by atoms with Crippen LogP contribution in [0.1, 0.15) is 28.8 Å². The van der Waals surface area contributed by atoms with Crippen LogP contribution in [-0.2, 0) is 0 Å². The van der Waals surface area contributed by atoms with E-state index in [4.69, 9.17) is 17.2 Å². The Balaban J connectivity index is 2.44. The van der Waals surface area contributed by atoms with E-state index >= 15 is 0 Å². The van der Waals surface area contributed by atoms with Crippen LogP contribution in [0.25, 0.3) is 0 Å². The van der Waals surface area contributed by atoms with Gasteiger partial charge in [-0.05, 0) is 28.8 Å². The van der Waals surface area contributed by atoms with Gasteiger partial charge in [0.15, 0.2) is 0 Å². The molecule has 18 heavy (non-hydrogen) atoms. The number of nitrogen functional groups attached to an aromatic ring is 1. The molecular formula is C12H13BrN4O. The first-order valence-electron chi connectivity index (χ1n) is 5.46. The number of carbonyl (C=O) groups excluding carboxylic acids is 1. The van der Waals surface area contributed by atoms with E-state index < -0.39 is 5.91 Å². The van der Waals surface area contributed by atoms with Crippen molar-refractivity contribution in [1.82, 2.24) is 4.98 Å². The lowest BCUT2D eigenvalue weighted by molar-refractivity contribution is 0.0999. The number of primary amides is 1. The van der Waals surface area contributed by atoms with Crippen LogP contribution in [0.15, 0.2) is 10.7 Å². The first-order chi connectivity index (χ1) is 8.49. The molecule has 5 nitrogen and oxygen atoms in total. The summed E-state index contributed by atoms with van der Waals surface area (Å²) in [5.41, 5.74) is 17.3. The Labute approximate surface area is 113 Å². The van der Waals surface area contributed by atoms with Crippen LogP contribution in [0.4, 0.5) is 5.82 Å². The number of hydrogen-bond donors (Lipinski definition) is 3. The second kappa shape index (κ2) is 4.59. The Kier molecular flexibility index (Phi) is 3.28. The molecule has 6 N–H and O–H groups in total. The molecule has 94 valence electrons. The number of aromatic nitrogens is 1. The number of amides is 1. The smallest absolute Gasteiger partial charge is 0.251 e. The molecule has 0 aliphatic heterocycles. The Morgan fingerprint density at radius 1 is 1.56 bits per heavy atom. The molecule has 0 atom stereocenters. The van der Waals surface area contributed by atoms with E-state index in [1.807, 2.05) is 0 Å². The molecule has 6 heteroatoms. The fourth-order valence-corrected chi connectivity index (χ4v) is 2.12. The van der Waals surface area contributed by atoms with Crippen molar-refractivity contribution < 1.29 is 4.79 Å². The summed E-state index contributed by atoms with van der Waals surface area (Å²) in [5, 5.41) is 0. The van der Waals surface area contributed by atoms with Crippen molar-refractivity contribution in [1.29, 1.82) is 0 Å². The number of nitrogens with two attached hydrogens (primary N) is 3. The molecule has 1 fully saturated rings. The minimum absolute atomic E-state index is 0.0887. The maximum atomic E-state index is 11.2.